The molecule has 22 heavy (non-hydrogen) atoms. The van der Waals surface area contributed by atoms with Gasteiger partial charge in [0.1, 0.15) is 17.8 Å². The molecule has 0 unspecified atom stereocenters. The molecule has 2 N–H and O–H groups in total. The Hall–Kier alpha value is -2.08. The average Bonchev–Trinajstić information content (AvgIpc) is 2.96. The van der Waals surface area contributed by atoms with Crippen LogP contribution >= 0.6 is 0 Å². The Labute approximate surface area is 129 Å². The lowest BCUT2D eigenvalue weighted by Gasteiger charge is -2.32. The maximum Gasteiger partial charge on any atom is 0.245 e. The molecular formula is C16H21N3O3. The number of ether oxygens (including phenoxy) is 1. The molecule has 6 heteroatoms. The van der Waals surface area contributed by atoms with Crippen LogP contribution in [0.15, 0.2) is 24.3 Å². The zero-order valence-electron chi connectivity index (χ0n) is 12.8. The van der Waals surface area contributed by atoms with Crippen LogP contribution < -0.4 is 15.4 Å². The summed E-state index contributed by atoms with van der Waals surface area (Å²) in [6.45, 7) is 3.01. The minimum atomic E-state index is -0.416. The molecule has 1 aromatic rings. The number of carbonyl (C=O) groups is 2. The van der Waals surface area contributed by atoms with Crippen LogP contribution in [-0.4, -0.2) is 48.5 Å². The van der Waals surface area contributed by atoms with Gasteiger partial charge in [-0.25, -0.2) is 0 Å². The molecule has 2 fully saturated rings. The molecule has 6 nitrogen and oxygen atoms in total. The third-order valence-electron chi connectivity index (χ3n) is 4.35. The number of carbonyl (C=O) groups excluding carboxylic acids is 2. The molecule has 0 saturated carbocycles. The Kier molecular flexibility index (Phi) is 4.02. The van der Waals surface area contributed by atoms with Crippen LogP contribution in [0.2, 0.25) is 0 Å². The lowest BCUT2D eigenvalue weighted by Crippen LogP contribution is -2.60. The van der Waals surface area contributed by atoms with Gasteiger partial charge in [-0.2, -0.15) is 0 Å². The Morgan fingerprint density at radius 2 is 2.23 bits per heavy atom. The lowest BCUT2D eigenvalue weighted by molar-refractivity contribution is -0.146. The van der Waals surface area contributed by atoms with Crippen molar-refractivity contribution in [2.24, 2.45) is 0 Å². The van der Waals surface area contributed by atoms with E-state index >= 15 is 0 Å². The van der Waals surface area contributed by atoms with E-state index in [1.807, 2.05) is 24.3 Å². The van der Waals surface area contributed by atoms with E-state index in [4.69, 9.17) is 4.74 Å². The fourth-order valence-corrected chi connectivity index (χ4v) is 3.14. The monoisotopic (exact) mass is 303 g/mol. The van der Waals surface area contributed by atoms with Crippen molar-refractivity contribution in [3.05, 3.63) is 29.8 Å². The number of benzene rings is 1. The fraction of sp³-hybridized carbons (Fsp3) is 0.500. The minimum absolute atomic E-state index is 0.00952. The number of nitrogens with one attached hydrogen (secondary N) is 2. The number of piperazine rings is 1. The Balaban J connectivity index is 1.61. The summed E-state index contributed by atoms with van der Waals surface area (Å²) in [5.41, 5.74) is 1.12. The van der Waals surface area contributed by atoms with E-state index in [2.05, 4.69) is 10.6 Å². The molecular weight excluding hydrogens is 282 g/mol. The Morgan fingerprint density at radius 3 is 3.00 bits per heavy atom. The van der Waals surface area contributed by atoms with E-state index in [0.717, 1.165) is 11.3 Å². The van der Waals surface area contributed by atoms with Gasteiger partial charge in [0.25, 0.3) is 0 Å². The smallest absolute Gasteiger partial charge is 0.245 e. The fourth-order valence-electron chi connectivity index (χ4n) is 3.14. The van der Waals surface area contributed by atoms with Gasteiger partial charge in [0.2, 0.25) is 11.8 Å². The van der Waals surface area contributed by atoms with Gasteiger partial charge in [-0.1, -0.05) is 12.1 Å². The number of amides is 2. The maximum atomic E-state index is 12.1. The summed E-state index contributed by atoms with van der Waals surface area (Å²) < 4.78 is 5.21. The molecule has 3 atom stereocenters. The van der Waals surface area contributed by atoms with Gasteiger partial charge < -0.3 is 20.3 Å². The normalized spacial score (nSPS) is 27.5. The largest absolute Gasteiger partial charge is 0.497 e. The molecule has 0 aliphatic carbocycles. The Bertz CT molecular complexity index is 590. The molecule has 0 spiro atoms. The highest BCUT2D eigenvalue weighted by Crippen LogP contribution is 2.23. The molecule has 3 rings (SSSR count). The summed E-state index contributed by atoms with van der Waals surface area (Å²) in [5, 5.41) is 6.17. The van der Waals surface area contributed by atoms with Crippen molar-refractivity contribution in [3.8, 4) is 5.75 Å². The molecule has 2 aliphatic rings. The van der Waals surface area contributed by atoms with E-state index in [1.54, 1.807) is 18.9 Å². The molecule has 0 radical (unpaired) electrons. The number of nitrogens with zero attached hydrogens (tertiary/aromatic N) is 1. The van der Waals surface area contributed by atoms with Crippen LogP contribution in [0.3, 0.4) is 0 Å². The van der Waals surface area contributed by atoms with Crippen molar-refractivity contribution in [1.29, 1.82) is 0 Å². The number of rotatable bonds is 4. The van der Waals surface area contributed by atoms with Crippen LogP contribution in [0.4, 0.5) is 0 Å². The minimum Gasteiger partial charge on any atom is -0.497 e. The van der Waals surface area contributed by atoms with Crippen LogP contribution in [0, 0.1) is 0 Å². The van der Waals surface area contributed by atoms with Crippen molar-refractivity contribution in [1.82, 2.24) is 15.5 Å². The van der Waals surface area contributed by atoms with Crippen molar-refractivity contribution < 1.29 is 14.3 Å². The number of hydrogen-bond acceptors (Lipinski definition) is 4. The molecule has 0 bridgehead atoms. The highest BCUT2D eigenvalue weighted by molar-refractivity contribution is 5.97. The van der Waals surface area contributed by atoms with Crippen LogP contribution in [0.25, 0.3) is 0 Å². The molecule has 2 heterocycles. The van der Waals surface area contributed by atoms with Gasteiger partial charge in [-0.3, -0.25) is 9.59 Å². The van der Waals surface area contributed by atoms with Gasteiger partial charge in [0, 0.05) is 19.1 Å². The van der Waals surface area contributed by atoms with Gasteiger partial charge in [0.15, 0.2) is 0 Å². The summed E-state index contributed by atoms with van der Waals surface area (Å²) >= 11 is 0. The van der Waals surface area contributed by atoms with E-state index < -0.39 is 6.04 Å². The topological polar surface area (TPSA) is 70.7 Å². The first-order chi connectivity index (χ1) is 10.6. The third kappa shape index (κ3) is 2.78. The van der Waals surface area contributed by atoms with Gasteiger partial charge in [-0.15, -0.1) is 0 Å². The zero-order valence-corrected chi connectivity index (χ0v) is 12.8. The summed E-state index contributed by atoms with van der Waals surface area (Å²) in [6, 6.07) is 7.26. The predicted molar refractivity (Wildman–Crippen MR) is 81.3 cm³/mol. The van der Waals surface area contributed by atoms with Crippen molar-refractivity contribution in [2.75, 3.05) is 13.7 Å². The van der Waals surface area contributed by atoms with E-state index in [9.17, 15) is 9.59 Å². The van der Waals surface area contributed by atoms with E-state index in [1.165, 1.54) is 0 Å². The first kappa shape index (κ1) is 14.8. The number of hydrogen-bond donors (Lipinski definition) is 2. The van der Waals surface area contributed by atoms with Crippen LogP contribution in [0.5, 0.6) is 5.75 Å². The first-order valence-corrected chi connectivity index (χ1v) is 7.55. The van der Waals surface area contributed by atoms with Crippen LogP contribution in [-0.2, 0) is 16.1 Å². The number of methoxy groups -OCH3 is 1. The van der Waals surface area contributed by atoms with Gasteiger partial charge >= 0.3 is 0 Å². The lowest BCUT2D eigenvalue weighted by atomic mass is 10.1. The molecule has 0 aromatic heterocycles. The van der Waals surface area contributed by atoms with E-state index in [0.29, 0.717) is 19.5 Å². The molecule has 2 saturated heterocycles. The van der Waals surface area contributed by atoms with Crippen molar-refractivity contribution >= 4 is 11.8 Å². The standard InChI is InChI=1S/C16H21N3O3/c1-10-16(21)19-9-12(7-14(19)15(20)18-10)17-8-11-4-3-5-13(6-11)22-2/h3-6,10,12,14,17H,7-9H2,1-2H3,(H,18,20)/t10-,12-,14-/m0/s1. The van der Waals surface area contributed by atoms with Gasteiger partial charge in [0.05, 0.1) is 7.11 Å². The third-order valence-corrected chi connectivity index (χ3v) is 4.35. The van der Waals surface area contributed by atoms with Crippen LogP contribution in [0.1, 0.15) is 18.9 Å². The molecule has 2 aliphatic heterocycles. The Morgan fingerprint density at radius 1 is 1.41 bits per heavy atom. The summed E-state index contributed by atoms with van der Waals surface area (Å²) in [6.07, 6.45) is 0.661. The molecule has 118 valence electrons. The summed E-state index contributed by atoms with van der Waals surface area (Å²) in [4.78, 5) is 25.8. The SMILES string of the molecule is COc1cccc(CN[C@H]2C[C@H]3C(=O)N[C@@H](C)C(=O)N3C2)c1. The average molecular weight is 303 g/mol. The highest BCUT2D eigenvalue weighted by atomic mass is 16.5. The second-order valence-electron chi connectivity index (χ2n) is 5.90. The maximum absolute atomic E-state index is 12.1. The number of fused-ring (bicyclic) bond motifs is 1. The van der Waals surface area contributed by atoms with Gasteiger partial charge in [-0.05, 0) is 31.0 Å². The van der Waals surface area contributed by atoms with Crippen molar-refractivity contribution in [3.63, 3.8) is 0 Å². The summed E-state index contributed by atoms with van der Waals surface area (Å²) in [5.74, 6) is 0.791. The quantitative estimate of drug-likeness (QED) is 0.838. The second-order valence-corrected chi connectivity index (χ2v) is 5.90. The predicted octanol–water partition coefficient (Wildman–Crippen LogP) is 0.273. The molecule has 2 amide bonds. The van der Waals surface area contributed by atoms with Crippen molar-refractivity contribution in [2.45, 2.75) is 38.0 Å². The molecule has 1 aromatic carbocycles. The first-order valence-electron chi connectivity index (χ1n) is 7.55. The van der Waals surface area contributed by atoms with E-state index in [-0.39, 0.29) is 23.9 Å². The highest BCUT2D eigenvalue weighted by Gasteiger charge is 2.44. The summed E-state index contributed by atoms with van der Waals surface area (Å²) in [7, 11) is 1.65. The second kappa shape index (κ2) is 5.96. The zero-order chi connectivity index (χ0) is 15.7.